The molecule has 2 aliphatic rings. The predicted octanol–water partition coefficient (Wildman–Crippen LogP) is 3.42. The van der Waals surface area contributed by atoms with Crippen molar-refractivity contribution in [1.29, 1.82) is 0 Å². The number of nitrogens with zero attached hydrogens (tertiary/aromatic N) is 1. The number of rotatable bonds is 3. The van der Waals surface area contributed by atoms with Crippen molar-refractivity contribution < 1.29 is 4.79 Å². The molecule has 1 saturated carbocycles. The summed E-state index contributed by atoms with van der Waals surface area (Å²) in [6.45, 7) is 0. The van der Waals surface area contributed by atoms with Crippen LogP contribution in [0.25, 0.3) is 0 Å². The highest BCUT2D eigenvalue weighted by molar-refractivity contribution is 6.34. The number of hydrogen-bond acceptors (Lipinski definition) is 2. The van der Waals surface area contributed by atoms with Crippen LogP contribution < -0.4 is 5.32 Å². The van der Waals surface area contributed by atoms with Gasteiger partial charge in [0.15, 0.2) is 0 Å². The van der Waals surface area contributed by atoms with Gasteiger partial charge in [-0.25, -0.2) is 0 Å². The molecule has 1 aromatic rings. The summed E-state index contributed by atoms with van der Waals surface area (Å²) in [4.78, 5) is 13.6. The molecule has 0 aliphatic heterocycles. The van der Waals surface area contributed by atoms with Gasteiger partial charge in [-0.05, 0) is 37.0 Å². The van der Waals surface area contributed by atoms with Gasteiger partial charge in [0.05, 0.1) is 10.6 Å². The van der Waals surface area contributed by atoms with Gasteiger partial charge in [0.25, 0.3) is 5.91 Å². The van der Waals surface area contributed by atoms with Gasteiger partial charge >= 0.3 is 0 Å². The van der Waals surface area contributed by atoms with Gasteiger partial charge in [0.2, 0.25) is 0 Å². The Bertz CT molecular complexity index is 568. The van der Waals surface area contributed by atoms with E-state index in [-0.39, 0.29) is 5.91 Å². The largest absolute Gasteiger partial charge is 0.382 e. The molecule has 3 nitrogen and oxygen atoms in total. The predicted molar refractivity (Wildman–Crippen MR) is 82.2 cm³/mol. The Morgan fingerprint density at radius 1 is 1.40 bits per heavy atom. The lowest BCUT2D eigenvalue weighted by Gasteiger charge is -2.41. The van der Waals surface area contributed by atoms with E-state index in [1.54, 1.807) is 25.1 Å². The highest BCUT2D eigenvalue weighted by atomic mass is 35.5. The van der Waals surface area contributed by atoms with Gasteiger partial charge < -0.3 is 10.2 Å². The van der Waals surface area contributed by atoms with E-state index in [1.165, 1.54) is 12.8 Å². The Labute approximate surface area is 124 Å². The van der Waals surface area contributed by atoms with Crippen molar-refractivity contribution in [3.8, 4) is 0 Å². The fourth-order valence-corrected chi connectivity index (χ4v) is 3.32. The van der Waals surface area contributed by atoms with Gasteiger partial charge in [-0.2, -0.15) is 0 Å². The van der Waals surface area contributed by atoms with Crippen LogP contribution in [-0.2, 0) is 0 Å². The average Bonchev–Trinajstić information content (AvgIpc) is 2.78. The minimum Gasteiger partial charge on any atom is -0.382 e. The Hall–Kier alpha value is -1.48. The number of fused-ring (bicyclic) bond motifs is 1. The van der Waals surface area contributed by atoms with Crippen molar-refractivity contribution in [3.05, 3.63) is 40.9 Å². The van der Waals surface area contributed by atoms with Crippen LogP contribution >= 0.6 is 11.6 Å². The van der Waals surface area contributed by atoms with Crippen molar-refractivity contribution in [1.82, 2.24) is 4.90 Å². The molecule has 1 amide bonds. The summed E-state index contributed by atoms with van der Waals surface area (Å²) < 4.78 is 0. The third-order valence-corrected chi connectivity index (χ3v) is 4.65. The first-order valence-electron chi connectivity index (χ1n) is 7.00. The number of hydrogen-bond donors (Lipinski definition) is 1. The number of carbonyl (C=O) groups is 1. The fraction of sp³-hybridized carbons (Fsp3) is 0.438. The number of allylic oxidation sites excluding steroid dienone is 1. The van der Waals surface area contributed by atoms with Crippen molar-refractivity contribution in [2.75, 3.05) is 19.4 Å². The molecule has 3 atom stereocenters. The number of benzene rings is 1. The summed E-state index contributed by atoms with van der Waals surface area (Å²) in [5.41, 5.74) is 1.53. The number of nitrogens with one attached hydrogen (secondary N) is 1. The quantitative estimate of drug-likeness (QED) is 0.865. The zero-order valence-corrected chi connectivity index (χ0v) is 12.5. The SMILES string of the molecule is CN(C)C(=O)c1cc(NC2CC3CC=CC32)ccc1Cl. The van der Waals surface area contributed by atoms with E-state index in [2.05, 4.69) is 17.5 Å². The first kappa shape index (κ1) is 13.5. The maximum Gasteiger partial charge on any atom is 0.254 e. The molecular weight excluding hydrogens is 272 g/mol. The van der Waals surface area contributed by atoms with Crippen LogP contribution in [0.1, 0.15) is 23.2 Å². The molecular formula is C16H19ClN2O. The molecule has 0 aromatic heterocycles. The lowest BCUT2D eigenvalue weighted by molar-refractivity contribution is 0.0828. The van der Waals surface area contributed by atoms with Crippen LogP contribution in [0, 0.1) is 11.8 Å². The lowest BCUT2D eigenvalue weighted by atomic mass is 9.71. The number of carbonyl (C=O) groups excluding carboxylic acids is 1. The Morgan fingerprint density at radius 3 is 2.90 bits per heavy atom. The van der Waals surface area contributed by atoms with E-state index in [1.807, 2.05) is 12.1 Å². The van der Waals surface area contributed by atoms with Crippen LogP contribution in [0.4, 0.5) is 5.69 Å². The van der Waals surface area contributed by atoms with Gasteiger partial charge in [-0.1, -0.05) is 23.8 Å². The number of amides is 1. The van der Waals surface area contributed by atoms with Gasteiger partial charge in [0, 0.05) is 31.7 Å². The van der Waals surface area contributed by atoms with Crippen molar-refractivity contribution in [2.24, 2.45) is 11.8 Å². The summed E-state index contributed by atoms with van der Waals surface area (Å²) in [5, 5.41) is 4.03. The van der Waals surface area contributed by atoms with Crippen molar-refractivity contribution in [2.45, 2.75) is 18.9 Å². The molecule has 3 unspecified atom stereocenters. The monoisotopic (exact) mass is 290 g/mol. The smallest absolute Gasteiger partial charge is 0.254 e. The summed E-state index contributed by atoms with van der Waals surface area (Å²) in [5.74, 6) is 1.41. The van der Waals surface area contributed by atoms with Crippen molar-refractivity contribution >= 4 is 23.2 Å². The molecule has 0 radical (unpaired) electrons. The second-order valence-corrected chi connectivity index (χ2v) is 6.29. The summed E-state index contributed by atoms with van der Waals surface area (Å²) in [6, 6.07) is 6.08. The zero-order chi connectivity index (χ0) is 14.3. The Balaban J connectivity index is 1.76. The zero-order valence-electron chi connectivity index (χ0n) is 11.8. The highest BCUT2D eigenvalue weighted by Gasteiger charge is 2.40. The molecule has 1 N–H and O–H groups in total. The van der Waals surface area contributed by atoms with Crippen LogP contribution in [0.5, 0.6) is 0 Å². The van der Waals surface area contributed by atoms with Crippen molar-refractivity contribution in [3.63, 3.8) is 0 Å². The highest BCUT2D eigenvalue weighted by Crippen LogP contribution is 2.44. The van der Waals surface area contributed by atoms with Gasteiger partial charge in [0.1, 0.15) is 0 Å². The van der Waals surface area contributed by atoms with Crippen LogP contribution in [0.3, 0.4) is 0 Å². The molecule has 2 aliphatic carbocycles. The maximum atomic E-state index is 12.1. The second-order valence-electron chi connectivity index (χ2n) is 5.88. The molecule has 0 bridgehead atoms. The van der Waals surface area contributed by atoms with E-state index in [0.29, 0.717) is 22.5 Å². The third-order valence-electron chi connectivity index (χ3n) is 4.32. The fourth-order valence-electron chi connectivity index (χ4n) is 3.12. The number of halogens is 1. The third kappa shape index (κ3) is 2.31. The van der Waals surface area contributed by atoms with Crippen LogP contribution in [0.15, 0.2) is 30.4 Å². The van der Waals surface area contributed by atoms with E-state index >= 15 is 0 Å². The summed E-state index contributed by atoms with van der Waals surface area (Å²) in [6.07, 6.45) is 7.01. The minimum atomic E-state index is -0.0640. The molecule has 1 fully saturated rings. The molecule has 0 saturated heterocycles. The van der Waals surface area contributed by atoms with Gasteiger partial charge in [-0.15, -0.1) is 0 Å². The molecule has 4 heteroatoms. The molecule has 0 spiro atoms. The van der Waals surface area contributed by atoms with Crippen LogP contribution in [0.2, 0.25) is 5.02 Å². The summed E-state index contributed by atoms with van der Waals surface area (Å²) >= 11 is 6.12. The molecule has 106 valence electrons. The molecule has 0 heterocycles. The Kier molecular flexibility index (Phi) is 3.47. The van der Waals surface area contributed by atoms with E-state index < -0.39 is 0 Å². The van der Waals surface area contributed by atoms with E-state index in [4.69, 9.17) is 11.6 Å². The maximum absolute atomic E-state index is 12.1. The Morgan fingerprint density at radius 2 is 2.20 bits per heavy atom. The van der Waals surface area contributed by atoms with Crippen LogP contribution in [-0.4, -0.2) is 30.9 Å². The van der Waals surface area contributed by atoms with Gasteiger partial charge in [-0.3, -0.25) is 4.79 Å². The standard InChI is InChI=1S/C16H19ClN2O/c1-19(2)16(20)13-9-11(6-7-14(13)17)18-15-8-10-4-3-5-12(10)15/h3,5-7,9-10,12,15,18H,4,8H2,1-2H3. The molecule has 3 rings (SSSR count). The van der Waals surface area contributed by atoms with E-state index in [9.17, 15) is 4.79 Å². The topological polar surface area (TPSA) is 32.3 Å². The normalized spacial score (nSPS) is 26.9. The lowest BCUT2D eigenvalue weighted by Crippen LogP contribution is -2.43. The number of anilines is 1. The molecule has 1 aromatic carbocycles. The second kappa shape index (κ2) is 5.13. The summed E-state index contributed by atoms with van der Waals surface area (Å²) in [7, 11) is 3.47. The average molecular weight is 291 g/mol. The van der Waals surface area contributed by atoms with E-state index in [0.717, 1.165) is 11.6 Å². The minimum absolute atomic E-state index is 0.0640. The first-order valence-corrected chi connectivity index (χ1v) is 7.38. The molecule has 20 heavy (non-hydrogen) atoms. The first-order chi connectivity index (χ1) is 9.56.